The summed E-state index contributed by atoms with van der Waals surface area (Å²) >= 11 is 6.28. The third-order valence-electron chi connectivity index (χ3n) is 3.93. The molecule has 1 N–H and O–H groups in total. The van der Waals surface area contributed by atoms with Gasteiger partial charge in [-0.15, -0.1) is 0 Å². The lowest BCUT2D eigenvalue weighted by atomic mass is 9.99. The highest BCUT2D eigenvalue weighted by Gasteiger charge is 2.25. The van der Waals surface area contributed by atoms with Gasteiger partial charge in [0.25, 0.3) is 5.56 Å². The zero-order chi connectivity index (χ0) is 14.5. The highest BCUT2D eigenvalue weighted by atomic mass is 35.5. The predicted octanol–water partition coefficient (Wildman–Crippen LogP) is 1.89. The molecule has 1 saturated heterocycles. The van der Waals surface area contributed by atoms with Crippen LogP contribution in [0.1, 0.15) is 32.6 Å². The van der Waals surface area contributed by atoms with Crippen LogP contribution < -0.4 is 15.8 Å². The van der Waals surface area contributed by atoms with Crippen molar-refractivity contribution in [2.75, 3.05) is 25.0 Å². The first kappa shape index (κ1) is 15.3. The topological polar surface area (TPSA) is 50.2 Å². The number of anilines is 1. The second-order valence-corrected chi connectivity index (χ2v) is 5.58. The summed E-state index contributed by atoms with van der Waals surface area (Å²) in [4.78, 5) is 14.4. The molecule has 20 heavy (non-hydrogen) atoms. The fourth-order valence-corrected chi connectivity index (χ4v) is 3.07. The first-order valence-corrected chi connectivity index (χ1v) is 7.73. The number of nitrogens with zero attached hydrogens (tertiary/aromatic N) is 3. The summed E-state index contributed by atoms with van der Waals surface area (Å²) in [6.45, 7) is 4.35. The molecule has 0 aliphatic carbocycles. The Morgan fingerprint density at radius 3 is 3.00 bits per heavy atom. The van der Waals surface area contributed by atoms with Crippen molar-refractivity contribution in [3.63, 3.8) is 0 Å². The molecular weight excluding hydrogens is 276 g/mol. The maximum Gasteiger partial charge on any atom is 0.287 e. The van der Waals surface area contributed by atoms with Crippen molar-refractivity contribution in [2.45, 2.75) is 45.2 Å². The van der Waals surface area contributed by atoms with E-state index in [2.05, 4.69) is 15.3 Å². The van der Waals surface area contributed by atoms with Crippen LogP contribution in [0.4, 0.5) is 5.69 Å². The summed E-state index contributed by atoms with van der Waals surface area (Å²) in [5, 5.41) is 7.70. The molecule has 0 spiro atoms. The molecule has 1 atom stereocenters. The van der Waals surface area contributed by atoms with Gasteiger partial charge in [0.05, 0.1) is 11.9 Å². The highest BCUT2D eigenvalue weighted by Crippen LogP contribution is 2.29. The molecule has 0 aromatic carbocycles. The monoisotopic (exact) mass is 298 g/mol. The Morgan fingerprint density at radius 2 is 2.30 bits per heavy atom. The molecule has 0 bridgehead atoms. The SMILES string of the molecule is CCn1ncc(N2CCCCC2CCNC)c(Cl)c1=O. The Morgan fingerprint density at radius 1 is 1.50 bits per heavy atom. The maximum absolute atomic E-state index is 12.1. The van der Waals surface area contributed by atoms with E-state index in [1.807, 2.05) is 14.0 Å². The fourth-order valence-electron chi connectivity index (χ4n) is 2.81. The van der Waals surface area contributed by atoms with Crippen LogP contribution in [-0.2, 0) is 6.54 Å². The second-order valence-electron chi connectivity index (χ2n) is 5.20. The summed E-state index contributed by atoms with van der Waals surface area (Å²) < 4.78 is 1.40. The van der Waals surface area contributed by atoms with Gasteiger partial charge < -0.3 is 10.2 Å². The summed E-state index contributed by atoms with van der Waals surface area (Å²) in [7, 11) is 1.96. The largest absolute Gasteiger partial charge is 0.366 e. The lowest BCUT2D eigenvalue weighted by molar-refractivity contribution is 0.432. The summed E-state index contributed by atoms with van der Waals surface area (Å²) in [5.41, 5.74) is 0.603. The number of aromatic nitrogens is 2. The first-order chi connectivity index (χ1) is 9.69. The summed E-state index contributed by atoms with van der Waals surface area (Å²) in [5.74, 6) is 0. The van der Waals surface area contributed by atoms with E-state index in [-0.39, 0.29) is 5.56 Å². The van der Waals surface area contributed by atoms with Gasteiger partial charge in [0, 0.05) is 19.1 Å². The zero-order valence-electron chi connectivity index (χ0n) is 12.2. The van der Waals surface area contributed by atoms with Crippen LogP contribution in [0.2, 0.25) is 5.02 Å². The average molecular weight is 299 g/mol. The molecule has 2 rings (SSSR count). The Labute approximate surface area is 124 Å². The Bertz CT molecular complexity index is 502. The van der Waals surface area contributed by atoms with E-state index in [1.54, 1.807) is 6.20 Å². The number of hydrogen-bond donors (Lipinski definition) is 1. The van der Waals surface area contributed by atoms with Crippen molar-refractivity contribution in [2.24, 2.45) is 0 Å². The molecule has 5 nitrogen and oxygen atoms in total. The number of hydrogen-bond acceptors (Lipinski definition) is 4. The predicted molar refractivity (Wildman–Crippen MR) is 82.7 cm³/mol. The van der Waals surface area contributed by atoms with Gasteiger partial charge in [0.15, 0.2) is 0 Å². The number of aryl methyl sites for hydroxylation is 1. The Kier molecular flexibility index (Phi) is 5.43. The van der Waals surface area contributed by atoms with Gasteiger partial charge in [-0.05, 0) is 46.2 Å². The van der Waals surface area contributed by atoms with Gasteiger partial charge >= 0.3 is 0 Å². The van der Waals surface area contributed by atoms with Crippen molar-refractivity contribution in [3.05, 3.63) is 21.6 Å². The van der Waals surface area contributed by atoms with Crippen molar-refractivity contribution in [3.8, 4) is 0 Å². The minimum absolute atomic E-state index is 0.190. The molecule has 6 heteroatoms. The van der Waals surface area contributed by atoms with Gasteiger partial charge in [-0.2, -0.15) is 5.10 Å². The van der Waals surface area contributed by atoms with Gasteiger partial charge in [-0.1, -0.05) is 11.6 Å². The van der Waals surface area contributed by atoms with E-state index >= 15 is 0 Å². The first-order valence-electron chi connectivity index (χ1n) is 7.36. The Hall–Kier alpha value is -1.07. The summed E-state index contributed by atoms with van der Waals surface area (Å²) in [6.07, 6.45) is 6.33. The van der Waals surface area contributed by atoms with Crippen LogP contribution >= 0.6 is 11.6 Å². The molecule has 1 aliphatic rings. The molecule has 1 unspecified atom stereocenters. The van der Waals surface area contributed by atoms with Crippen LogP contribution in [0, 0.1) is 0 Å². The molecule has 1 aromatic heterocycles. The van der Waals surface area contributed by atoms with Crippen molar-refractivity contribution < 1.29 is 0 Å². The van der Waals surface area contributed by atoms with E-state index in [1.165, 1.54) is 11.1 Å². The standard InChI is InChI=1S/C14H23ClN4O/c1-3-19-14(20)13(15)12(10-17-19)18-9-5-4-6-11(18)7-8-16-2/h10-11,16H,3-9H2,1-2H3. The molecule has 2 heterocycles. The summed E-state index contributed by atoms with van der Waals surface area (Å²) in [6, 6.07) is 0.437. The third kappa shape index (κ3) is 3.15. The second kappa shape index (κ2) is 7.09. The number of halogens is 1. The molecule has 0 radical (unpaired) electrons. The number of piperidine rings is 1. The van der Waals surface area contributed by atoms with Crippen LogP contribution in [0.3, 0.4) is 0 Å². The van der Waals surface area contributed by atoms with Gasteiger partial charge in [-0.3, -0.25) is 4.79 Å². The highest BCUT2D eigenvalue weighted by molar-refractivity contribution is 6.33. The van der Waals surface area contributed by atoms with Crippen LogP contribution in [-0.4, -0.2) is 36.0 Å². The number of rotatable bonds is 5. The van der Waals surface area contributed by atoms with E-state index in [0.717, 1.165) is 38.0 Å². The molecule has 1 aliphatic heterocycles. The maximum atomic E-state index is 12.1. The van der Waals surface area contributed by atoms with E-state index < -0.39 is 0 Å². The minimum atomic E-state index is -0.190. The molecule has 1 aromatic rings. The van der Waals surface area contributed by atoms with Gasteiger partial charge in [-0.25, -0.2) is 4.68 Å². The van der Waals surface area contributed by atoms with Crippen LogP contribution in [0.25, 0.3) is 0 Å². The molecule has 112 valence electrons. The van der Waals surface area contributed by atoms with Crippen molar-refractivity contribution in [1.29, 1.82) is 0 Å². The average Bonchev–Trinajstić information content (AvgIpc) is 2.48. The van der Waals surface area contributed by atoms with Crippen LogP contribution in [0.5, 0.6) is 0 Å². The quantitative estimate of drug-likeness (QED) is 0.902. The molecular formula is C14H23ClN4O. The zero-order valence-corrected chi connectivity index (χ0v) is 13.0. The lowest BCUT2D eigenvalue weighted by Crippen LogP contribution is -2.42. The third-order valence-corrected chi connectivity index (χ3v) is 4.29. The lowest BCUT2D eigenvalue weighted by Gasteiger charge is -2.37. The van der Waals surface area contributed by atoms with Gasteiger partial charge in [0.2, 0.25) is 0 Å². The normalized spacial score (nSPS) is 19.4. The van der Waals surface area contributed by atoms with Crippen molar-refractivity contribution in [1.82, 2.24) is 15.1 Å². The Balaban J connectivity index is 2.28. The molecule has 1 fully saturated rings. The minimum Gasteiger partial charge on any atom is -0.366 e. The van der Waals surface area contributed by atoms with Gasteiger partial charge in [0.1, 0.15) is 5.02 Å². The van der Waals surface area contributed by atoms with E-state index in [9.17, 15) is 4.79 Å². The van der Waals surface area contributed by atoms with Crippen molar-refractivity contribution >= 4 is 17.3 Å². The van der Waals surface area contributed by atoms with Crippen LogP contribution in [0.15, 0.2) is 11.0 Å². The van der Waals surface area contributed by atoms with E-state index in [0.29, 0.717) is 17.6 Å². The van der Waals surface area contributed by atoms with E-state index in [4.69, 9.17) is 11.6 Å². The fraction of sp³-hybridized carbons (Fsp3) is 0.714. The molecule has 0 amide bonds. The molecule has 0 saturated carbocycles. The number of nitrogens with one attached hydrogen (secondary N) is 1. The smallest absolute Gasteiger partial charge is 0.287 e.